The maximum Gasteiger partial charge on any atom is 0.573 e. The summed E-state index contributed by atoms with van der Waals surface area (Å²) in [5.41, 5.74) is -1.82. The molecule has 9 heteroatoms. The summed E-state index contributed by atoms with van der Waals surface area (Å²) in [6, 6.07) is 2.94. The lowest BCUT2D eigenvalue weighted by Crippen LogP contribution is -2.58. The highest BCUT2D eigenvalue weighted by molar-refractivity contribution is 6.32. The van der Waals surface area contributed by atoms with Crippen LogP contribution >= 0.6 is 11.6 Å². The number of carbonyl (C=O) groups excluding carboxylic acids is 1. The Balaban J connectivity index is 3.49. The molecule has 1 amide bonds. The van der Waals surface area contributed by atoms with Crippen molar-refractivity contribution < 1.29 is 32.6 Å². The Morgan fingerprint density at radius 2 is 1.92 bits per heavy atom. The largest absolute Gasteiger partial charge is 0.573 e. The Morgan fingerprint density at radius 1 is 1.36 bits per heavy atom. The molecule has 5 nitrogen and oxygen atoms in total. The smallest absolute Gasteiger partial charge is 0.479 e. The van der Waals surface area contributed by atoms with Crippen molar-refractivity contribution in [2.75, 3.05) is 4.90 Å². The fourth-order valence-corrected chi connectivity index (χ4v) is 2.31. The van der Waals surface area contributed by atoms with Gasteiger partial charge in [0, 0.05) is 5.69 Å². The summed E-state index contributed by atoms with van der Waals surface area (Å²) in [6.07, 6.45) is 0.166. The Hall–Kier alpha value is -2.40. The molecule has 25 heavy (non-hydrogen) atoms. The molecule has 0 saturated carbocycles. The molecule has 0 aromatic heterocycles. The summed E-state index contributed by atoms with van der Waals surface area (Å²) in [5.74, 6) is -1.75. The van der Waals surface area contributed by atoms with E-state index < -0.39 is 40.5 Å². The number of nitrogens with zero attached hydrogens (tertiary/aromatic N) is 1. The lowest BCUT2D eigenvalue weighted by atomic mass is 9.85. The first kappa shape index (κ1) is 20.6. The average molecular weight is 378 g/mol. The monoisotopic (exact) mass is 377 g/mol. The molecule has 0 heterocycles. The highest BCUT2D eigenvalue weighted by Crippen LogP contribution is 2.37. The van der Waals surface area contributed by atoms with Crippen LogP contribution in [0.15, 0.2) is 18.2 Å². The number of aliphatic carboxylic acids is 1. The van der Waals surface area contributed by atoms with Gasteiger partial charge in [0.1, 0.15) is 11.3 Å². The Labute approximate surface area is 147 Å². The number of carbonyl (C=O) groups is 2. The molecule has 0 aliphatic rings. The lowest BCUT2D eigenvalue weighted by Gasteiger charge is -2.39. The van der Waals surface area contributed by atoms with Crippen LogP contribution in [0.1, 0.15) is 20.8 Å². The minimum absolute atomic E-state index is 0.0684. The molecule has 0 saturated heterocycles. The standard InChI is InChI=1S/C16H15ClF3NO4/c1-5-13(22)21(15(4,9(2)3)14(23)24)10-6-7-12(11(17)8-10)25-16(18,19)20/h1,6-9H,2-4H3,(H,23,24)/t15-/m1/s1. The number of carboxylic acids is 1. The molecule has 0 radical (unpaired) electrons. The predicted octanol–water partition coefficient (Wildman–Crippen LogP) is 3.70. The number of carboxylic acid groups (broad SMARTS) is 1. The molecule has 0 aliphatic heterocycles. The lowest BCUT2D eigenvalue weighted by molar-refractivity contribution is -0.274. The number of hydrogen-bond donors (Lipinski definition) is 1. The van der Waals surface area contributed by atoms with E-state index in [4.69, 9.17) is 18.0 Å². The van der Waals surface area contributed by atoms with Crippen LogP contribution in [0.4, 0.5) is 18.9 Å². The van der Waals surface area contributed by atoms with E-state index in [2.05, 4.69) is 4.74 Å². The van der Waals surface area contributed by atoms with Crippen LogP contribution in [-0.2, 0) is 9.59 Å². The van der Waals surface area contributed by atoms with Crippen LogP contribution in [0.3, 0.4) is 0 Å². The summed E-state index contributed by atoms with van der Waals surface area (Å²) in [4.78, 5) is 24.7. The van der Waals surface area contributed by atoms with Crippen LogP contribution in [0.25, 0.3) is 0 Å². The van der Waals surface area contributed by atoms with Crippen LogP contribution in [0.5, 0.6) is 5.75 Å². The highest BCUT2D eigenvalue weighted by atomic mass is 35.5. The van der Waals surface area contributed by atoms with Crippen molar-refractivity contribution in [2.45, 2.75) is 32.7 Å². The summed E-state index contributed by atoms with van der Waals surface area (Å²) in [6.45, 7) is 4.41. The molecular weight excluding hydrogens is 363 g/mol. The number of terminal acetylenes is 1. The van der Waals surface area contributed by atoms with Crippen LogP contribution in [0, 0.1) is 18.3 Å². The summed E-state index contributed by atoms with van der Waals surface area (Å²) < 4.78 is 40.7. The second-order valence-electron chi connectivity index (χ2n) is 5.55. The molecule has 0 unspecified atom stereocenters. The first-order chi connectivity index (χ1) is 11.3. The number of hydrogen-bond acceptors (Lipinski definition) is 3. The molecule has 1 aromatic carbocycles. The quantitative estimate of drug-likeness (QED) is 0.794. The molecule has 1 atom stereocenters. The van der Waals surface area contributed by atoms with Crippen molar-refractivity contribution in [2.24, 2.45) is 5.92 Å². The van der Waals surface area contributed by atoms with E-state index in [0.29, 0.717) is 0 Å². The van der Waals surface area contributed by atoms with Crippen molar-refractivity contribution in [1.29, 1.82) is 0 Å². The van der Waals surface area contributed by atoms with Crippen molar-refractivity contribution in [1.82, 2.24) is 0 Å². The highest BCUT2D eigenvalue weighted by Gasteiger charge is 2.46. The zero-order valence-corrected chi connectivity index (χ0v) is 14.3. The van der Waals surface area contributed by atoms with Gasteiger partial charge in [0.15, 0.2) is 0 Å². The van der Waals surface area contributed by atoms with Gasteiger partial charge >= 0.3 is 18.2 Å². The number of benzene rings is 1. The molecule has 0 aliphatic carbocycles. The summed E-state index contributed by atoms with van der Waals surface area (Å²) >= 11 is 5.77. The molecule has 1 aromatic rings. The van der Waals surface area contributed by atoms with Crippen LogP contribution in [-0.4, -0.2) is 28.9 Å². The second kappa shape index (κ2) is 7.23. The topological polar surface area (TPSA) is 66.8 Å². The first-order valence-electron chi connectivity index (χ1n) is 6.94. The molecule has 0 bridgehead atoms. The molecule has 1 N–H and O–H groups in total. The van der Waals surface area contributed by atoms with Crippen LogP contribution in [0.2, 0.25) is 5.02 Å². The third kappa shape index (κ3) is 4.37. The van der Waals surface area contributed by atoms with E-state index in [1.54, 1.807) is 13.8 Å². The number of anilines is 1. The van der Waals surface area contributed by atoms with Gasteiger partial charge in [0.05, 0.1) is 5.02 Å². The van der Waals surface area contributed by atoms with Gasteiger partial charge in [0.2, 0.25) is 0 Å². The minimum atomic E-state index is -4.95. The fraction of sp³-hybridized carbons (Fsp3) is 0.375. The van der Waals surface area contributed by atoms with E-state index in [9.17, 15) is 27.9 Å². The fourth-order valence-electron chi connectivity index (χ4n) is 2.10. The molecular formula is C16H15ClF3NO4. The Bertz CT molecular complexity index is 727. The van der Waals surface area contributed by atoms with Gasteiger partial charge in [-0.25, -0.2) is 4.79 Å². The summed E-state index contributed by atoms with van der Waals surface area (Å²) in [5, 5.41) is 9.13. The zero-order chi connectivity index (χ0) is 19.6. The number of halogens is 4. The van der Waals surface area contributed by atoms with E-state index >= 15 is 0 Å². The van der Waals surface area contributed by atoms with E-state index in [-0.39, 0.29) is 5.69 Å². The van der Waals surface area contributed by atoms with Gasteiger partial charge in [-0.1, -0.05) is 25.4 Å². The third-order valence-electron chi connectivity index (χ3n) is 3.75. The number of alkyl halides is 3. The normalized spacial score (nSPS) is 13.7. The number of rotatable bonds is 5. The number of ether oxygens (including phenoxy) is 1. The number of amides is 1. The average Bonchev–Trinajstić information content (AvgIpc) is 2.48. The summed E-state index contributed by atoms with van der Waals surface area (Å²) in [7, 11) is 0. The van der Waals surface area contributed by atoms with Gasteiger partial charge in [-0.15, -0.1) is 19.6 Å². The van der Waals surface area contributed by atoms with Gasteiger partial charge in [-0.05, 0) is 37.0 Å². The van der Waals surface area contributed by atoms with Crippen LogP contribution < -0.4 is 9.64 Å². The van der Waals surface area contributed by atoms with Gasteiger partial charge < -0.3 is 9.84 Å². The maximum atomic E-state index is 12.3. The molecule has 136 valence electrons. The molecule has 0 fully saturated rings. The van der Waals surface area contributed by atoms with E-state index in [1.165, 1.54) is 6.92 Å². The Morgan fingerprint density at radius 3 is 2.28 bits per heavy atom. The third-order valence-corrected chi connectivity index (χ3v) is 4.04. The maximum absolute atomic E-state index is 12.3. The second-order valence-corrected chi connectivity index (χ2v) is 5.96. The predicted molar refractivity (Wildman–Crippen MR) is 85.3 cm³/mol. The van der Waals surface area contributed by atoms with Gasteiger partial charge in [-0.3, -0.25) is 9.69 Å². The van der Waals surface area contributed by atoms with E-state index in [1.807, 2.05) is 5.92 Å². The molecule has 1 rings (SSSR count). The van der Waals surface area contributed by atoms with Crippen molar-refractivity contribution in [3.8, 4) is 18.1 Å². The SMILES string of the molecule is C#CC(=O)N(c1ccc(OC(F)(F)F)c(Cl)c1)[C@@](C)(C(=O)O)C(C)C. The van der Waals surface area contributed by atoms with Crippen molar-refractivity contribution in [3.05, 3.63) is 23.2 Å². The molecule has 0 spiro atoms. The zero-order valence-electron chi connectivity index (χ0n) is 13.5. The van der Waals surface area contributed by atoms with Crippen molar-refractivity contribution in [3.63, 3.8) is 0 Å². The first-order valence-corrected chi connectivity index (χ1v) is 7.31. The van der Waals surface area contributed by atoms with Crippen molar-refractivity contribution >= 4 is 29.2 Å². The minimum Gasteiger partial charge on any atom is -0.479 e. The van der Waals surface area contributed by atoms with Gasteiger partial charge in [0.25, 0.3) is 0 Å². The Kier molecular flexibility index (Phi) is 5.97. The van der Waals surface area contributed by atoms with Gasteiger partial charge in [-0.2, -0.15) is 0 Å². The van der Waals surface area contributed by atoms with E-state index in [0.717, 1.165) is 23.1 Å².